The van der Waals surface area contributed by atoms with Gasteiger partial charge in [0.25, 0.3) is 0 Å². The molecule has 1 aromatic carbocycles. The van der Waals surface area contributed by atoms with Gasteiger partial charge in [-0.25, -0.2) is 4.68 Å². The zero-order valence-corrected chi connectivity index (χ0v) is 11.0. The molecule has 90 valence electrons. The fraction of sp³-hybridized carbons (Fsp3) is 0.308. The summed E-state index contributed by atoms with van der Waals surface area (Å²) < 4.78 is 1.94. The van der Waals surface area contributed by atoms with Gasteiger partial charge in [-0.1, -0.05) is 17.7 Å². The Labute approximate surface area is 106 Å². The molecule has 4 heteroatoms. The summed E-state index contributed by atoms with van der Waals surface area (Å²) in [5.41, 5.74) is 4.44. The maximum atomic E-state index is 6.13. The van der Waals surface area contributed by atoms with Crippen molar-refractivity contribution in [2.75, 3.05) is 7.05 Å². The molecule has 0 amide bonds. The molecule has 0 saturated heterocycles. The van der Waals surface area contributed by atoms with E-state index in [0.29, 0.717) is 0 Å². The van der Waals surface area contributed by atoms with Gasteiger partial charge in [0, 0.05) is 22.8 Å². The Morgan fingerprint density at radius 3 is 2.82 bits per heavy atom. The van der Waals surface area contributed by atoms with Gasteiger partial charge >= 0.3 is 0 Å². The lowest BCUT2D eigenvalue weighted by molar-refractivity contribution is 0.800. The summed E-state index contributed by atoms with van der Waals surface area (Å²) in [5.74, 6) is 0. The van der Waals surface area contributed by atoms with Crippen LogP contribution in [0.3, 0.4) is 0 Å². The van der Waals surface area contributed by atoms with E-state index in [1.165, 1.54) is 5.56 Å². The molecule has 0 radical (unpaired) electrons. The Bertz CT molecular complexity index is 531. The second-order valence-electron chi connectivity index (χ2n) is 4.08. The maximum absolute atomic E-state index is 6.13. The second kappa shape index (κ2) is 4.90. The minimum absolute atomic E-state index is 0.771. The molecule has 0 aliphatic rings. The summed E-state index contributed by atoms with van der Waals surface area (Å²) in [6, 6.07) is 5.88. The van der Waals surface area contributed by atoms with Crippen molar-refractivity contribution in [1.29, 1.82) is 0 Å². The zero-order chi connectivity index (χ0) is 12.4. The van der Waals surface area contributed by atoms with Crippen LogP contribution in [-0.4, -0.2) is 16.8 Å². The van der Waals surface area contributed by atoms with Crippen molar-refractivity contribution in [1.82, 2.24) is 15.1 Å². The summed E-state index contributed by atoms with van der Waals surface area (Å²) >= 11 is 6.13. The fourth-order valence-corrected chi connectivity index (χ4v) is 2.05. The molecule has 3 nitrogen and oxygen atoms in total. The number of hydrogen-bond acceptors (Lipinski definition) is 2. The first kappa shape index (κ1) is 12.1. The van der Waals surface area contributed by atoms with Gasteiger partial charge < -0.3 is 5.32 Å². The van der Waals surface area contributed by atoms with Crippen LogP contribution in [0.1, 0.15) is 16.8 Å². The highest BCUT2D eigenvalue weighted by molar-refractivity contribution is 6.31. The lowest BCUT2D eigenvalue weighted by atomic mass is 10.2. The molecule has 0 aliphatic heterocycles. The van der Waals surface area contributed by atoms with Crippen LogP contribution in [0.15, 0.2) is 24.4 Å². The third-order valence-electron chi connectivity index (χ3n) is 2.95. The molecule has 2 aromatic rings. The Kier molecular flexibility index (Phi) is 3.50. The minimum atomic E-state index is 0.771. The number of benzene rings is 1. The average Bonchev–Trinajstić information content (AvgIpc) is 2.66. The molecule has 1 aromatic heterocycles. The van der Waals surface area contributed by atoms with Crippen molar-refractivity contribution in [2.45, 2.75) is 20.4 Å². The van der Waals surface area contributed by atoms with Crippen LogP contribution in [-0.2, 0) is 6.54 Å². The van der Waals surface area contributed by atoms with Crippen LogP contribution in [0, 0.1) is 13.8 Å². The van der Waals surface area contributed by atoms with Gasteiger partial charge in [-0.3, -0.25) is 0 Å². The van der Waals surface area contributed by atoms with E-state index in [2.05, 4.69) is 17.3 Å². The van der Waals surface area contributed by atoms with Crippen LogP contribution in [0.5, 0.6) is 0 Å². The predicted molar refractivity (Wildman–Crippen MR) is 70.8 cm³/mol. The van der Waals surface area contributed by atoms with Gasteiger partial charge in [0.05, 0.1) is 11.9 Å². The van der Waals surface area contributed by atoms with Crippen molar-refractivity contribution in [2.24, 2.45) is 0 Å². The van der Waals surface area contributed by atoms with E-state index in [1.54, 1.807) is 0 Å². The standard InChI is InChI=1S/C13H16ClN3/c1-9-12(14)5-4-6-13(9)17-10(2)11(7-15-3)8-16-17/h4-6,8,15H,7H2,1-3H3. The monoisotopic (exact) mass is 249 g/mol. The van der Waals surface area contributed by atoms with Crippen molar-refractivity contribution >= 4 is 11.6 Å². The van der Waals surface area contributed by atoms with E-state index >= 15 is 0 Å². The van der Waals surface area contributed by atoms with Gasteiger partial charge in [-0.05, 0) is 38.6 Å². The normalized spacial score (nSPS) is 10.8. The zero-order valence-electron chi connectivity index (χ0n) is 10.3. The van der Waals surface area contributed by atoms with Gasteiger partial charge in [0.15, 0.2) is 0 Å². The maximum Gasteiger partial charge on any atom is 0.0692 e. The highest BCUT2D eigenvalue weighted by Gasteiger charge is 2.10. The number of rotatable bonds is 3. The molecule has 0 fully saturated rings. The highest BCUT2D eigenvalue weighted by Crippen LogP contribution is 2.23. The van der Waals surface area contributed by atoms with Gasteiger partial charge in [-0.15, -0.1) is 0 Å². The topological polar surface area (TPSA) is 29.9 Å². The quantitative estimate of drug-likeness (QED) is 0.907. The van der Waals surface area contributed by atoms with E-state index in [0.717, 1.165) is 28.5 Å². The first-order chi connectivity index (χ1) is 8.15. The summed E-state index contributed by atoms with van der Waals surface area (Å²) in [5, 5.41) is 8.33. The molecular weight excluding hydrogens is 234 g/mol. The molecule has 0 bridgehead atoms. The van der Waals surface area contributed by atoms with E-state index < -0.39 is 0 Å². The molecule has 0 unspecified atom stereocenters. The second-order valence-corrected chi connectivity index (χ2v) is 4.49. The highest BCUT2D eigenvalue weighted by atomic mass is 35.5. The number of nitrogens with one attached hydrogen (secondary N) is 1. The van der Waals surface area contributed by atoms with Gasteiger partial charge in [0.2, 0.25) is 0 Å². The van der Waals surface area contributed by atoms with Gasteiger partial charge in [0.1, 0.15) is 0 Å². The van der Waals surface area contributed by atoms with Crippen LogP contribution in [0.4, 0.5) is 0 Å². The summed E-state index contributed by atoms with van der Waals surface area (Å²) in [6.45, 7) is 4.90. The Balaban J connectivity index is 2.50. The number of hydrogen-bond donors (Lipinski definition) is 1. The lowest BCUT2D eigenvalue weighted by Gasteiger charge is -2.10. The molecule has 1 N–H and O–H groups in total. The van der Waals surface area contributed by atoms with E-state index in [4.69, 9.17) is 11.6 Å². The van der Waals surface area contributed by atoms with Gasteiger partial charge in [-0.2, -0.15) is 5.10 Å². The number of aromatic nitrogens is 2. The number of halogens is 1. The smallest absolute Gasteiger partial charge is 0.0692 e. The van der Waals surface area contributed by atoms with Crippen LogP contribution >= 0.6 is 11.6 Å². The van der Waals surface area contributed by atoms with E-state index in [9.17, 15) is 0 Å². The summed E-state index contributed by atoms with van der Waals surface area (Å²) in [4.78, 5) is 0. The molecule has 17 heavy (non-hydrogen) atoms. The SMILES string of the molecule is CNCc1cnn(-c2cccc(Cl)c2C)c1C. The first-order valence-electron chi connectivity index (χ1n) is 5.58. The van der Waals surface area contributed by atoms with Crippen LogP contribution in [0.25, 0.3) is 5.69 Å². The van der Waals surface area contributed by atoms with Crippen molar-refractivity contribution in [3.05, 3.63) is 46.2 Å². The molecule has 2 rings (SSSR count). The molecule has 0 aliphatic carbocycles. The van der Waals surface area contributed by atoms with E-state index in [1.807, 2.05) is 43.0 Å². The molecule has 0 spiro atoms. The molecular formula is C13H16ClN3. The minimum Gasteiger partial charge on any atom is -0.316 e. The van der Waals surface area contributed by atoms with Crippen molar-refractivity contribution < 1.29 is 0 Å². The lowest BCUT2D eigenvalue weighted by Crippen LogP contribution is -2.07. The van der Waals surface area contributed by atoms with Crippen molar-refractivity contribution in [3.8, 4) is 5.69 Å². The Morgan fingerprint density at radius 1 is 1.35 bits per heavy atom. The first-order valence-corrected chi connectivity index (χ1v) is 5.96. The van der Waals surface area contributed by atoms with E-state index in [-0.39, 0.29) is 0 Å². The summed E-state index contributed by atoms with van der Waals surface area (Å²) in [6.07, 6.45) is 1.90. The Morgan fingerprint density at radius 2 is 2.12 bits per heavy atom. The summed E-state index contributed by atoms with van der Waals surface area (Å²) in [7, 11) is 1.93. The largest absolute Gasteiger partial charge is 0.316 e. The molecule has 0 saturated carbocycles. The molecule has 1 heterocycles. The third kappa shape index (κ3) is 2.21. The molecule has 0 atom stereocenters. The average molecular weight is 250 g/mol. The van der Waals surface area contributed by atoms with Crippen molar-refractivity contribution in [3.63, 3.8) is 0 Å². The Hall–Kier alpha value is -1.32. The van der Waals surface area contributed by atoms with Crippen LogP contribution < -0.4 is 5.32 Å². The number of nitrogens with zero attached hydrogens (tertiary/aromatic N) is 2. The predicted octanol–water partition coefficient (Wildman–Crippen LogP) is 2.86. The van der Waals surface area contributed by atoms with Crippen LogP contribution in [0.2, 0.25) is 5.02 Å². The fourth-order valence-electron chi connectivity index (χ4n) is 1.88. The third-order valence-corrected chi connectivity index (χ3v) is 3.36.